The Kier molecular flexibility index (Phi) is 8.97. The fraction of sp³-hybridized carbons (Fsp3) is 0.950. The third-order valence-electron chi connectivity index (χ3n) is 16.4. The summed E-state index contributed by atoms with van der Waals surface area (Å²) in [7, 11) is 3.60. The maximum atomic E-state index is 12.6. The molecule has 10 heteroatoms. The predicted molar refractivity (Wildman–Crippen MR) is 188 cm³/mol. The minimum Gasteiger partial charge on any atom is -0.457 e. The van der Waals surface area contributed by atoms with Crippen LogP contribution in [0.5, 0.6) is 0 Å². The minimum atomic E-state index is -1.27. The highest BCUT2D eigenvalue weighted by atomic mass is 16.7. The second-order valence-electron chi connectivity index (χ2n) is 19.7. The molecule has 0 bridgehead atoms. The van der Waals surface area contributed by atoms with Gasteiger partial charge in [-0.05, 0) is 111 Å². The minimum absolute atomic E-state index is 0.0184. The van der Waals surface area contributed by atoms with Crippen molar-refractivity contribution in [1.82, 2.24) is 9.80 Å². The first-order valence-corrected chi connectivity index (χ1v) is 19.7. The second kappa shape index (κ2) is 12.1. The molecule has 7 aliphatic rings. The Morgan fingerprint density at radius 1 is 1.04 bits per heavy atom. The van der Waals surface area contributed by atoms with E-state index >= 15 is 0 Å². The predicted octanol–water partition coefficient (Wildman–Crippen LogP) is 4.63. The number of carbonyl (C=O) groups is 2. The van der Waals surface area contributed by atoms with E-state index in [1.165, 1.54) is 19.8 Å². The van der Waals surface area contributed by atoms with Crippen molar-refractivity contribution in [2.45, 2.75) is 149 Å². The molecule has 0 aromatic heterocycles. The van der Waals surface area contributed by atoms with Gasteiger partial charge < -0.3 is 34.1 Å². The van der Waals surface area contributed by atoms with Gasteiger partial charge in [0.15, 0.2) is 12.4 Å². The van der Waals surface area contributed by atoms with Crippen LogP contribution >= 0.6 is 0 Å². The van der Waals surface area contributed by atoms with Crippen LogP contribution in [0.25, 0.3) is 0 Å². The van der Waals surface area contributed by atoms with Crippen LogP contribution in [0.15, 0.2) is 0 Å². The van der Waals surface area contributed by atoms with Crippen LogP contribution in [0, 0.1) is 50.7 Å². The lowest BCUT2D eigenvalue weighted by Gasteiger charge is -2.64. The van der Waals surface area contributed by atoms with Gasteiger partial charge in [0.25, 0.3) is 0 Å². The van der Waals surface area contributed by atoms with Gasteiger partial charge >= 0.3 is 5.97 Å². The first-order valence-electron chi connectivity index (χ1n) is 19.7. The maximum Gasteiger partial charge on any atom is 0.303 e. The topological polar surface area (TPSA) is 118 Å². The van der Waals surface area contributed by atoms with Crippen molar-refractivity contribution in [3.63, 3.8) is 0 Å². The smallest absolute Gasteiger partial charge is 0.303 e. The molecule has 4 unspecified atom stereocenters. The third-order valence-corrected chi connectivity index (χ3v) is 16.4. The molecule has 2 saturated heterocycles. The van der Waals surface area contributed by atoms with Crippen LogP contribution in [0.2, 0.25) is 0 Å². The average molecular weight is 703 g/mol. The highest BCUT2D eigenvalue weighted by Gasteiger charge is 2.84. The number of ether oxygens (including phenoxy) is 4. The Labute approximate surface area is 300 Å². The molecule has 10 nitrogen and oxygen atoms in total. The number of hydrogen-bond donors (Lipinski definition) is 2. The van der Waals surface area contributed by atoms with Crippen molar-refractivity contribution >= 4 is 11.9 Å². The maximum absolute atomic E-state index is 12.6. The SMILES string of the molecule is CC(=O)O[C@@H]([C@H]1CC(C)C2C(O1)[C@H](O)[C@@]1(C)[C@@H]3CC[C@H]4C(C)(C)[C@@H](OC5CN(CC(=O)N(C)C)CCO5)CC[C@@]45C[C@@]35CC[C@]21C)C(C)(C)O. The van der Waals surface area contributed by atoms with Gasteiger partial charge in [0, 0.05) is 33.0 Å². The molecule has 2 N–H and O–H groups in total. The normalized spacial score (nSPS) is 48.6. The van der Waals surface area contributed by atoms with Crippen LogP contribution < -0.4 is 0 Å². The number of fused-ring (bicyclic) bond motifs is 4. The molecule has 5 saturated carbocycles. The number of hydrogen-bond acceptors (Lipinski definition) is 9. The van der Waals surface area contributed by atoms with E-state index in [4.69, 9.17) is 18.9 Å². The van der Waals surface area contributed by atoms with Crippen molar-refractivity contribution in [2.75, 3.05) is 40.3 Å². The number of morpholine rings is 1. The highest BCUT2D eigenvalue weighted by molar-refractivity contribution is 5.77. The van der Waals surface area contributed by atoms with E-state index in [9.17, 15) is 19.8 Å². The zero-order chi connectivity index (χ0) is 36.4. The van der Waals surface area contributed by atoms with Gasteiger partial charge in [-0.25, -0.2) is 0 Å². The Morgan fingerprint density at radius 3 is 2.38 bits per heavy atom. The van der Waals surface area contributed by atoms with E-state index in [2.05, 4.69) is 39.5 Å². The number of carbonyl (C=O) groups excluding carboxylic acids is 2. The third kappa shape index (κ3) is 5.22. The lowest BCUT2D eigenvalue weighted by Crippen LogP contribution is -2.60. The summed E-state index contributed by atoms with van der Waals surface area (Å²) in [6.45, 7) is 19.0. The number of likely N-dealkylation sites (N-methyl/N-ethyl adjacent to an activating group) is 1. The fourth-order valence-corrected chi connectivity index (χ4v) is 14.0. The number of esters is 1. The van der Waals surface area contributed by atoms with Gasteiger partial charge in [-0.15, -0.1) is 0 Å². The van der Waals surface area contributed by atoms with E-state index in [1.807, 2.05) is 0 Å². The van der Waals surface area contributed by atoms with Gasteiger partial charge in [-0.3, -0.25) is 14.5 Å². The molecule has 14 atom stereocenters. The second-order valence-corrected chi connectivity index (χ2v) is 19.7. The highest BCUT2D eigenvalue weighted by Crippen LogP contribution is 2.89. The summed E-state index contributed by atoms with van der Waals surface area (Å²) in [6.07, 6.45) is 6.13. The van der Waals surface area contributed by atoms with Crippen molar-refractivity contribution in [3.8, 4) is 0 Å². The first-order chi connectivity index (χ1) is 23.2. The molecule has 0 aromatic rings. The Balaban J connectivity index is 1.10. The van der Waals surface area contributed by atoms with Gasteiger partial charge in [0.1, 0.15) is 0 Å². The average Bonchev–Trinajstić information content (AvgIpc) is 3.65. The summed E-state index contributed by atoms with van der Waals surface area (Å²) >= 11 is 0. The summed E-state index contributed by atoms with van der Waals surface area (Å²) in [5.41, 5.74) is -1.17. The molecule has 2 spiro atoms. The van der Waals surface area contributed by atoms with Crippen LogP contribution in [0.1, 0.15) is 107 Å². The molecule has 5 aliphatic carbocycles. The lowest BCUT2D eigenvalue weighted by atomic mass is 9.41. The Hall–Kier alpha value is -1.30. The molecule has 1 amide bonds. The zero-order valence-corrected chi connectivity index (χ0v) is 32.5. The molecule has 0 aromatic carbocycles. The number of amides is 1. The summed E-state index contributed by atoms with van der Waals surface area (Å²) in [5, 5.41) is 23.6. The van der Waals surface area contributed by atoms with E-state index in [0.717, 1.165) is 38.6 Å². The molecule has 7 fully saturated rings. The lowest BCUT2D eigenvalue weighted by molar-refractivity contribution is -0.248. The molecular weight excluding hydrogens is 636 g/mol. The van der Waals surface area contributed by atoms with Crippen LogP contribution in [-0.2, 0) is 28.5 Å². The van der Waals surface area contributed by atoms with Gasteiger partial charge in [-0.2, -0.15) is 0 Å². The summed E-state index contributed by atoms with van der Waals surface area (Å²) in [4.78, 5) is 28.3. The van der Waals surface area contributed by atoms with Crippen LogP contribution in [-0.4, -0.2) is 115 Å². The van der Waals surface area contributed by atoms with Gasteiger partial charge in [0.2, 0.25) is 5.91 Å². The van der Waals surface area contributed by atoms with E-state index in [0.29, 0.717) is 38.0 Å². The molecule has 50 heavy (non-hydrogen) atoms. The molecule has 7 rings (SSSR count). The van der Waals surface area contributed by atoms with E-state index < -0.39 is 29.9 Å². The zero-order valence-electron chi connectivity index (χ0n) is 32.5. The van der Waals surface area contributed by atoms with Gasteiger partial charge in [-0.1, -0.05) is 34.6 Å². The standard InChI is InChI=1S/C40H66N2O8/c1-23-19-25(34(36(5,6)46)48-24(2)43)49-32-31(23)37(7)15-16-40-22-39(40)14-13-28(50-30-21-42(17-18-47-30)20-29(44)41(9)10)35(3,4)26(39)11-12-27(40)38(37,8)33(32)45/h23,25-28,30-34,45-46H,11-22H2,1-10H3/t23?,25-,26+,27+,28+,30?,31?,32?,33+,34+,37-,38-,39-,40+/m1/s1. The van der Waals surface area contributed by atoms with E-state index in [-0.39, 0.29) is 63.3 Å². The molecule has 284 valence electrons. The monoisotopic (exact) mass is 702 g/mol. The number of aliphatic hydroxyl groups is 2. The van der Waals surface area contributed by atoms with E-state index in [1.54, 1.807) is 32.8 Å². The number of nitrogens with zero attached hydrogens (tertiary/aromatic N) is 2. The van der Waals surface area contributed by atoms with Crippen molar-refractivity contribution in [3.05, 3.63) is 0 Å². The van der Waals surface area contributed by atoms with Crippen molar-refractivity contribution < 1.29 is 38.7 Å². The largest absolute Gasteiger partial charge is 0.457 e. The molecule has 2 heterocycles. The first kappa shape index (κ1) is 37.0. The molecular formula is C40H66N2O8. The van der Waals surface area contributed by atoms with Crippen LogP contribution in [0.4, 0.5) is 0 Å². The molecule has 2 aliphatic heterocycles. The van der Waals surface area contributed by atoms with Gasteiger partial charge in [0.05, 0.1) is 49.7 Å². The fourth-order valence-electron chi connectivity index (χ4n) is 14.0. The summed E-state index contributed by atoms with van der Waals surface area (Å²) in [5.74, 6) is 1.09. The Morgan fingerprint density at radius 2 is 1.72 bits per heavy atom. The van der Waals surface area contributed by atoms with Crippen molar-refractivity contribution in [1.29, 1.82) is 0 Å². The quantitative estimate of drug-likeness (QED) is 0.366. The molecule has 0 radical (unpaired) electrons. The summed E-state index contributed by atoms with van der Waals surface area (Å²) in [6, 6.07) is 0. The van der Waals surface area contributed by atoms with Crippen LogP contribution in [0.3, 0.4) is 0 Å². The summed E-state index contributed by atoms with van der Waals surface area (Å²) < 4.78 is 25.5. The number of aliphatic hydroxyl groups excluding tert-OH is 1. The number of rotatable bonds is 7. The van der Waals surface area contributed by atoms with Crippen molar-refractivity contribution in [2.24, 2.45) is 50.7 Å². The Bertz CT molecular complexity index is 1350.